The minimum atomic E-state index is 0.427. The van der Waals surface area contributed by atoms with Crippen LogP contribution in [0.2, 0.25) is 0 Å². The lowest BCUT2D eigenvalue weighted by Crippen LogP contribution is -2.02. The van der Waals surface area contributed by atoms with E-state index in [4.69, 9.17) is 9.47 Å². The third-order valence-electron chi connectivity index (χ3n) is 2.78. The minimum absolute atomic E-state index is 0.427. The summed E-state index contributed by atoms with van der Waals surface area (Å²) in [5.41, 5.74) is 0. The van der Waals surface area contributed by atoms with Crippen LogP contribution in [0.15, 0.2) is 0 Å². The summed E-state index contributed by atoms with van der Waals surface area (Å²) in [6, 6.07) is 0. The van der Waals surface area contributed by atoms with E-state index in [2.05, 4.69) is 13.8 Å². The summed E-state index contributed by atoms with van der Waals surface area (Å²) >= 11 is 0. The van der Waals surface area contributed by atoms with Gasteiger partial charge in [-0.05, 0) is 12.3 Å². The van der Waals surface area contributed by atoms with Gasteiger partial charge in [0.15, 0.2) is 0 Å². The third-order valence-corrected chi connectivity index (χ3v) is 2.78. The van der Waals surface area contributed by atoms with Gasteiger partial charge < -0.3 is 9.47 Å². The van der Waals surface area contributed by atoms with E-state index in [9.17, 15) is 0 Å². The summed E-state index contributed by atoms with van der Waals surface area (Å²) in [5, 5.41) is 0. The molecule has 0 aromatic heterocycles. The molecule has 0 aliphatic carbocycles. The van der Waals surface area contributed by atoms with E-state index in [1.54, 1.807) is 0 Å². The number of ether oxygens (including phenoxy) is 2. The number of unbranched alkanes of at least 4 members (excludes halogenated alkanes) is 4. The van der Waals surface area contributed by atoms with Crippen molar-refractivity contribution in [1.82, 2.24) is 0 Å². The Morgan fingerprint density at radius 3 is 2.47 bits per heavy atom. The summed E-state index contributed by atoms with van der Waals surface area (Å²) < 4.78 is 10.5. The zero-order valence-corrected chi connectivity index (χ0v) is 10.3. The SMILES string of the molecule is CC(C)CCCCCCCOCC1CO1. The normalized spacial score (nSPS) is 19.8. The van der Waals surface area contributed by atoms with E-state index in [1.165, 1.54) is 38.5 Å². The second kappa shape index (κ2) is 8.12. The second-order valence-electron chi connectivity index (χ2n) is 4.98. The van der Waals surface area contributed by atoms with Gasteiger partial charge in [0, 0.05) is 6.61 Å². The molecule has 1 rings (SSSR count). The first-order chi connectivity index (χ1) is 7.29. The smallest absolute Gasteiger partial charge is 0.104 e. The molecular weight excluding hydrogens is 188 g/mol. The highest BCUT2D eigenvalue weighted by Gasteiger charge is 2.21. The van der Waals surface area contributed by atoms with Gasteiger partial charge >= 0.3 is 0 Å². The fourth-order valence-corrected chi connectivity index (χ4v) is 1.67. The van der Waals surface area contributed by atoms with E-state index in [0.717, 1.165) is 25.7 Å². The van der Waals surface area contributed by atoms with Gasteiger partial charge in [0.1, 0.15) is 6.10 Å². The molecule has 1 aliphatic rings. The van der Waals surface area contributed by atoms with Crippen molar-refractivity contribution in [1.29, 1.82) is 0 Å². The topological polar surface area (TPSA) is 21.8 Å². The van der Waals surface area contributed by atoms with Crippen LogP contribution in [0.3, 0.4) is 0 Å². The Balaban J connectivity index is 1.65. The van der Waals surface area contributed by atoms with Crippen molar-refractivity contribution in [3.63, 3.8) is 0 Å². The molecule has 1 atom stereocenters. The molecule has 1 saturated heterocycles. The molecule has 1 aliphatic heterocycles. The van der Waals surface area contributed by atoms with Crippen LogP contribution in [0, 0.1) is 5.92 Å². The van der Waals surface area contributed by atoms with Gasteiger partial charge in [-0.1, -0.05) is 46.0 Å². The first-order valence-electron chi connectivity index (χ1n) is 6.48. The van der Waals surface area contributed by atoms with Crippen molar-refractivity contribution in [3.05, 3.63) is 0 Å². The molecule has 0 spiro atoms. The molecule has 1 fully saturated rings. The summed E-state index contributed by atoms with van der Waals surface area (Å²) in [5.74, 6) is 0.867. The molecule has 0 amide bonds. The fraction of sp³-hybridized carbons (Fsp3) is 1.00. The zero-order valence-electron chi connectivity index (χ0n) is 10.3. The molecule has 0 saturated carbocycles. The third kappa shape index (κ3) is 8.88. The average Bonchev–Trinajstić information content (AvgIpc) is 2.98. The van der Waals surface area contributed by atoms with Crippen molar-refractivity contribution in [2.24, 2.45) is 5.92 Å². The number of hydrogen-bond acceptors (Lipinski definition) is 2. The molecule has 90 valence electrons. The first kappa shape index (κ1) is 13.0. The lowest BCUT2D eigenvalue weighted by atomic mass is 10.0. The predicted octanol–water partition coefficient (Wildman–Crippen LogP) is 3.40. The Labute approximate surface area is 94.3 Å². The Kier molecular flexibility index (Phi) is 7.03. The van der Waals surface area contributed by atoms with E-state index in [1.807, 2.05) is 0 Å². The van der Waals surface area contributed by atoms with Gasteiger partial charge in [-0.25, -0.2) is 0 Å². The predicted molar refractivity (Wildman–Crippen MR) is 63.1 cm³/mol. The maximum absolute atomic E-state index is 5.48. The lowest BCUT2D eigenvalue weighted by Gasteiger charge is -2.04. The van der Waals surface area contributed by atoms with E-state index < -0.39 is 0 Å². The molecule has 0 aromatic rings. The van der Waals surface area contributed by atoms with Gasteiger partial charge in [0.2, 0.25) is 0 Å². The highest BCUT2D eigenvalue weighted by atomic mass is 16.6. The van der Waals surface area contributed by atoms with Gasteiger partial charge in [0.25, 0.3) is 0 Å². The highest BCUT2D eigenvalue weighted by Crippen LogP contribution is 2.11. The molecular formula is C13H26O2. The molecule has 1 heterocycles. The molecule has 15 heavy (non-hydrogen) atoms. The Morgan fingerprint density at radius 2 is 1.80 bits per heavy atom. The number of hydrogen-bond donors (Lipinski definition) is 0. The van der Waals surface area contributed by atoms with Gasteiger partial charge in [-0.2, -0.15) is 0 Å². The fourth-order valence-electron chi connectivity index (χ4n) is 1.67. The average molecular weight is 214 g/mol. The van der Waals surface area contributed by atoms with Crippen molar-refractivity contribution in [2.75, 3.05) is 19.8 Å². The summed E-state index contributed by atoms with van der Waals surface area (Å²) in [4.78, 5) is 0. The molecule has 0 aromatic carbocycles. The quantitative estimate of drug-likeness (QED) is 0.410. The van der Waals surface area contributed by atoms with Crippen molar-refractivity contribution >= 4 is 0 Å². The van der Waals surface area contributed by atoms with Crippen LogP contribution in [0.25, 0.3) is 0 Å². The van der Waals surface area contributed by atoms with Crippen LogP contribution in [0.4, 0.5) is 0 Å². The summed E-state index contributed by atoms with van der Waals surface area (Å²) in [6.07, 6.45) is 8.51. The molecule has 0 N–H and O–H groups in total. The van der Waals surface area contributed by atoms with E-state index in [-0.39, 0.29) is 0 Å². The van der Waals surface area contributed by atoms with Crippen LogP contribution in [-0.4, -0.2) is 25.9 Å². The van der Waals surface area contributed by atoms with Crippen LogP contribution in [-0.2, 0) is 9.47 Å². The molecule has 2 nitrogen and oxygen atoms in total. The highest BCUT2D eigenvalue weighted by molar-refractivity contribution is 4.66. The minimum Gasteiger partial charge on any atom is -0.379 e. The lowest BCUT2D eigenvalue weighted by molar-refractivity contribution is 0.113. The van der Waals surface area contributed by atoms with Crippen molar-refractivity contribution in [2.45, 2.75) is 58.5 Å². The number of epoxide rings is 1. The Hall–Kier alpha value is -0.0800. The Bertz CT molecular complexity index is 133. The van der Waals surface area contributed by atoms with Gasteiger partial charge in [-0.3, -0.25) is 0 Å². The molecule has 1 unspecified atom stereocenters. The van der Waals surface area contributed by atoms with Crippen LogP contribution >= 0.6 is 0 Å². The van der Waals surface area contributed by atoms with Crippen LogP contribution in [0.1, 0.15) is 52.4 Å². The largest absolute Gasteiger partial charge is 0.379 e. The molecule has 0 bridgehead atoms. The first-order valence-corrected chi connectivity index (χ1v) is 6.48. The van der Waals surface area contributed by atoms with Crippen molar-refractivity contribution < 1.29 is 9.47 Å². The van der Waals surface area contributed by atoms with Crippen LogP contribution in [0.5, 0.6) is 0 Å². The molecule has 2 heteroatoms. The monoisotopic (exact) mass is 214 g/mol. The standard InChI is InChI=1S/C13H26O2/c1-12(2)8-6-4-3-5-7-9-14-10-13-11-15-13/h12-13H,3-11H2,1-2H3. The van der Waals surface area contributed by atoms with Crippen molar-refractivity contribution in [3.8, 4) is 0 Å². The number of rotatable bonds is 10. The van der Waals surface area contributed by atoms with E-state index >= 15 is 0 Å². The van der Waals surface area contributed by atoms with Gasteiger partial charge in [-0.15, -0.1) is 0 Å². The van der Waals surface area contributed by atoms with Crippen LogP contribution < -0.4 is 0 Å². The maximum Gasteiger partial charge on any atom is 0.104 e. The summed E-state index contributed by atoms with van der Waals surface area (Å²) in [6.45, 7) is 7.24. The maximum atomic E-state index is 5.48. The van der Waals surface area contributed by atoms with E-state index in [0.29, 0.717) is 6.10 Å². The summed E-state index contributed by atoms with van der Waals surface area (Å²) in [7, 11) is 0. The Morgan fingerprint density at radius 1 is 1.13 bits per heavy atom. The molecule has 0 radical (unpaired) electrons. The zero-order chi connectivity index (χ0) is 10.9. The second-order valence-corrected chi connectivity index (χ2v) is 4.98. The van der Waals surface area contributed by atoms with Gasteiger partial charge in [0.05, 0.1) is 13.2 Å².